The monoisotopic (exact) mass is 339 g/mol. The molecule has 0 aliphatic carbocycles. The van der Waals surface area contributed by atoms with E-state index in [0.717, 1.165) is 32.8 Å². The van der Waals surface area contributed by atoms with E-state index in [1.165, 1.54) is 17.5 Å². The Bertz CT molecular complexity index is 1230. The van der Waals surface area contributed by atoms with Gasteiger partial charge in [0, 0.05) is 28.5 Å². The standard InChI is InChI=1S/C21H13N3O2/c25-24(26)14-11-9-13(10-12-14)21-22-19-17-7-3-1-5-15(17)16-6-2-4-8-18(16)20(19)23-21/h1-12H,(H,22,23). The van der Waals surface area contributed by atoms with E-state index < -0.39 is 4.92 Å². The molecule has 1 N–H and O–H groups in total. The molecule has 0 unspecified atom stereocenters. The van der Waals surface area contributed by atoms with E-state index in [2.05, 4.69) is 29.2 Å². The number of aromatic nitrogens is 2. The van der Waals surface area contributed by atoms with Crippen LogP contribution in [-0.2, 0) is 0 Å². The summed E-state index contributed by atoms with van der Waals surface area (Å²) in [6.45, 7) is 0. The fourth-order valence-corrected chi connectivity index (χ4v) is 3.50. The van der Waals surface area contributed by atoms with Crippen molar-refractivity contribution in [1.29, 1.82) is 0 Å². The van der Waals surface area contributed by atoms with Crippen molar-refractivity contribution in [3.05, 3.63) is 82.9 Å². The van der Waals surface area contributed by atoms with Gasteiger partial charge in [-0.1, -0.05) is 48.5 Å². The summed E-state index contributed by atoms with van der Waals surface area (Å²) in [5.41, 5.74) is 2.78. The van der Waals surface area contributed by atoms with Crippen LogP contribution >= 0.6 is 0 Å². The van der Waals surface area contributed by atoms with Gasteiger partial charge in [-0.3, -0.25) is 10.1 Å². The second kappa shape index (κ2) is 5.39. The molecule has 26 heavy (non-hydrogen) atoms. The fraction of sp³-hybridized carbons (Fsp3) is 0. The highest BCUT2D eigenvalue weighted by atomic mass is 16.6. The molecule has 5 rings (SSSR count). The first kappa shape index (κ1) is 14.6. The Kier molecular flexibility index (Phi) is 3.03. The number of nitrogens with one attached hydrogen (secondary N) is 1. The van der Waals surface area contributed by atoms with Crippen LogP contribution in [0.2, 0.25) is 0 Å². The third-order valence-electron chi connectivity index (χ3n) is 4.72. The first-order valence-electron chi connectivity index (χ1n) is 8.26. The number of nitrogens with zero attached hydrogens (tertiary/aromatic N) is 2. The normalized spacial score (nSPS) is 11.4. The summed E-state index contributed by atoms with van der Waals surface area (Å²) in [5, 5.41) is 15.4. The van der Waals surface area contributed by atoms with Crippen LogP contribution in [0.1, 0.15) is 0 Å². The Morgan fingerprint density at radius 2 is 1.35 bits per heavy atom. The van der Waals surface area contributed by atoms with E-state index in [1.54, 1.807) is 12.1 Å². The van der Waals surface area contributed by atoms with Crippen LogP contribution in [0.3, 0.4) is 0 Å². The highest BCUT2D eigenvalue weighted by Gasteiger charge is 2.14. The molecule has 1 heterocycles. The quantitative estimate of drug-likeness (QED) is 0.264. The van der Waals surface area contributed by atoms with Gasteiger partial charge in [0.25, 0.3) is 5.69 Å². The molecule has 0 amide bonds. The molecule has 0 atom stereocenters. The van der Waals surface area contributed by atoms with Crippen molar-refractivity contribution in [2.24, 2.45) is 0 Å². The number of fused-ring (bicyclic) bond motifs is 6. The van der Waals surface area contributed by atoms with Crippen LogP contribution in [0.5, 0.6) is 0 Å². The Hall–Kier alpha value is -3.73. The average molecular weight is 339 g/mol. The number of benzene rings is 4. The van der Waals surface area contributed by atoms with Crippen molar-refractivity contribution in [2.75, 3.05) is 0 Å². The number of non-ortho nitro benzene ring substituents is 1. The van der Waals surface area contributed by atoms with Crippen molar-refractivity contribution in [1.82, 2.24) is 9.97 Å². The molecule has 0 aliphatic heterocycles. The van der Waals surface area contributed by atoms with Gasteiger partial charge in [-0.25, -0.2) is 4.98 Å². The molecule has 5 nitrogen and oxygen atoms in total. The van der Waals surface area contributed by atoms with Crippen LogP contribution in [0.25, 0.3) is 44.0 Å². The number of rotatable bonds is 2. The van der Waals surface area contributed by atoms with Gasteiger partial charge in [-0.2, -0.15) is 0 Å². The molecule has 0 aliphatic rings. The summed E-state index contributed by atoms with van der Waals surface area (Å²) in [6.07, 6.45) is 0. The largest absolute Gasteiger partial charge is 0.337 e. The molecule has 0 bridgehead atoms. The van der Waals surface area contributed by atoms with E-state index >= 15 is 0 Å². The van der Waals surface area contributed by atoms with Gasteiger partial charge in [0.1, 0.15) is 5.82 Å². The number of nitro benzene ring substituents is 1. The lowest BCUT2D eigenvalue weighted by Crippen LogP contribution is -1.87. The van der Waals surface area contributed by atoms with E-state index in [1.807, 2.05) is 24.3 Å². The summed E-state index contributed by atoms with van der Waals surface area (Å²) in [7, 11) is 0. The molecule has 0 radical (unpaired) electrons. The number of aromatic amines is 1. The van der Waals surface area contributed by atoms with E-state index in [9.17, 15) is 10.1 Å². The average Bonchev–Trinajstić information content (AvgIpc) is 3.14. The number of hydrogen-bond acceptors (Lipinski definition) is 3. The van der Waals surface area contributed by atoms with E-state index in [-0.39, 0.29) is 5.69 Å². The summed E-state index contributed by atoms with van der Waals surface area (Å²) in [6, 6.07) is 22.9. The minimum atomic E-state index is -0.399. The lowest BCUT2D eigenvalue weighted by molar-refractivity contribution is -0.384. The summed E-state index contributed by atoms with van der Waals surface area (Å²) in [4.78, 5) is 18.7. The maximum atomic E-state index is 10.9. The van der Waals surface area contributed by atoms with Crippen molar-refractivity contribution in [3.8, 4) is 11.4 Å². The highest BCUT2D eigenvalue weighted by molar-refractivity contribution is 6.23. The third kappa shape index (κ3) is 2.07. The molecule has 0 fully saturated rings. The molecule has 4 aromatic carbocycles. The predicted molar refractivity (Wildman–Crippen MR) is 103 cm³/mol. The second-order valence-electron chi connectivity index (χ2n) is 6.20. The van der Waals surface area contributed by atoms with Crippen LogP contribution in [0.4, 0.5) is 5.69 Å². The van der Waals surface area contributed by atoms with Gasteiger partial charge in [-0.05, 0) is 22.9 Å². The second-order valence-corrected chi connectivity index (χ2v) is 6.20. The smallest absolute Gasteiger partial charge is 0.269 e. The molecule has 0 spiro atoms. The van der Waals surface area contributed by atoms with Crippen molar-refractivity contribution in [3.63, 3.8) is 0 Å². The van der Waals surface area contributed by atoms with Crippen molar-refractivity contribution < 1.29 is 4.92 Å². The maximum Gasteiger partial charge on any atom is 0.269 e. The zero-order chi connectivity index (χ0) is 17.7. The lowest BCUT2D eigenvalue weighted by atomic mass is 10.0. The minimum Gasteiger partial charge on any atom is -0.337 e. The SMILES string of the molecule is O=[N+]([O-])c1ccc(-c2nc3c4ccccc4c4ccccc4c3[nH]2)cc1. The molecular weight excluding hydrogens is 326 g/mol. The summed E-state index contributed by atoms with van der Waals surface area (Å²) >= 11 is 0. The minimum absolute atomic E-state index is 0.0701. The molecule has 0 saturated heterocycles. The highest BCUT2D eigenvalue weighted by Crippen LogP contribution is 2.35. The lowest BCUT2D eigenvalue weighted by Gasteiger charge is -2.05. The zero-order valence-corrected chi connectivity index (χ0v) is 13.6. The van der Waals surface area contributed by atoms with E-state index in [0.29, 0.717) is 5.82 Å². The van der Waals surface area contributed by atoms with Gasteiger partial charge in [0.2, 0.25) is 0 Å². The van der Waals surface area contributed by atoms with Gasteiger partial charge < -0.3 is 4.98 Å². The molecule has 5 aromatic rings. The summed E-state index contributed by atoms with van der Waals surface area (Å²) < 4.78 is 0. The Morgan fingerprint density at radius 1 is 0.769 bits per heavy atom. The van der Waals surface area contributed by atoms with Gasteiger partial charge in [-0.15, -0.1) is 0 Å². The maximum absolute atomic E-state index is 10.9. The third-order valence-corrected chi connectivity index (χ3v) is 4.72. The Balaban J connectivity index is 1.83. The van der Waals surface area contributed by atoms with Crippen LogP contribution in [0.15, 0.2) is 72.8 Å². The van der Waals surface area contributed by atoms with Gasteiger partial charge >= 0.3 is 0 Å². The fourth-order valence-electron chi connectivity index (χ4n) is 3.50. The van der Waals surface area contributed by atoms with Crippen LogP contribution in [0, 0.1) is 10.1 Å². The predicted octanol–water partition coefficient (Wildman–Crippen LogP) is 5.44. The number of hydrogen-bond donors (Lipinski definition) is 1. The van der Waals surface area contributed by atoms with Crippen LogP contribution in [-0.4, -0.2) is 14.9 Å². The van der Waals surface area contributed by atoms with Gasteiger partial charge in [0.15, 0.2) is 0 Å². The number of H-pyrrole nitrogens is 1. The van der Waals surface area contributed by atoms with Gasteiger partial charge in [0.05, 0.1) is 16.0 Å². The van der Waals surface area contributed by atoms with E-state index in [4.69, 9.17) is 4.98 Å². The van der Waals surface area contributed by atoms with Crippen molar-refractivity contribution in [2.45, 2.75) is 0 Å². The number of nitro groups is 1. The Morgan fingerprint density at radius 3 is 2.00 bits per heavy atom. The first-order chi connectivity index (χ1) is 12.7. The van der Waals surface area contributed by atoms with Crippen molar-refractivity contribution >= 4 is 38.3 Å². The first-order valence-corrected chi connectivity index (χ1v) is 8.26. The van der Waals surface area contributed by atoms with Crippen LogP contribution < -0.4 is 0 Å². The number of imidazole rings is 1. The molecule has 0 saturated carbocycles. The molecular formula is C21H13N3O2. The Labute approximate surface area is 148 Å². The zero-order valence-electron chi connectivity index (χ0n) is 13.6. The summed E-state index contributed by atoms with van der Waals surface area (Å²) in [5.74, 6) is 0.705. The molecule has 124 valence electrons. The topological polar surface area (TPSA) is 71.8 Å². The molecule has 1 aromatic heterocycles. The molecule has 5 heteroatoms.